The summed E-state index contributed by atoms with van der Waals surface area (Å²) in [6.07, 6.45) is 3.77. The lowest BCUT2D eigenvalue weighted by Gasteiger charge is -2.12. The number of allylic oxidation sites excluding steroid dienone is 1. The maximum absolute atomic E-state index is 13.7. The smallest absolute Gasteiger partial charge is 0.131 e. The lowest BCUT2D eigenvalue weighted by atomic mass is 10.1. The first-order chi connectivity index (χ1) is 7.69. The van der Waals surface area contributed by atoms with E-state index >= 15 is 0 Å². The summed E-state index contributed by atoms with van der Waals surface area (Å²) in [5.74, 6) is 0.322. The molecular weight excluding hydrogens is 205 g/mol. The highest BCUT2D eigenvalue weighted by Crippen LogP contribution is 2.21. The van der Waals surface area contributed by atoms with Crippen LogP contribution in [0.1, 0.15) is 25.5 Å². The molecule has 0 aliphatic rings. The van der Waals surface area contributed by atoms with Crippen LogP contribution >= 0.6 is 0 Å². The van der Waals surface area contributed by atoms with Crippen LogP contribution in [0.2, 0.25) is 0 Å². The molecule has 88 valence electrons. The zero-order valence-corrected chi connectivity index (χ0v) is 9.96. The molecular formula is C13H18FNO. The van der Waals surface area contributed by atoms with E-state index in [1.807, 2.05) is 26.0 Å². The van der Waals surface area contributed by atoms with E-state index in [0.717, 1.165) is 0 Å². The molecule has 0 amide bonds. The van der Waals surface area contributed by atoms with Crippen LogP contribution < -0.4 is 10.1 Å². The summed E-state index contributed by atoms with van der Waals surface area (Å²) in [5.41, 5.74) is 0.654. The Labute approximate surface area is 96.1 Å². The maximum Gasteiger partial charge on any atom is 0.131 e. The predicted molar refractivity (Wildman–Crippen MR) is 64.2 cm³/mol. The van der Waals surface area contributed by atoms with Crippen LogP contribution in [-0.2, 0) is 0 Å². The number of nitrogens with one attached hydrogen (secondary N) is 1. The molecule has 3 heteroatoms. The summed E-state index contributed by atoms with van der Waals surface area (Å²) < 4.78 is 19.0. The monoisotopic (exact) mass is 223 g/mol. The Morgan fingerprint density at radius 1 is 1.50 bits per heavy atom. The van der Waals surface area contributed by atoms with Gasteiger partial charge >= 0.3 is 0 Å². The van der Waals surface area contributed by atoms with Crippen LogP contribution in [0.5, 0.6) is 5.75 Å². The Hall–Kier alpha value is -1.35. The van der Waals surface area contributed by atoms with E-state index in [-0.39, 0.29) is 11.9 Å². The van der Waals surface area contributed by atoms with Crippen molar-refractivity contribution in [1.82, 2.24) is 5.32 Å². The summed E-state index contributed by atoms with van der Waals surface area (Å²) in [4.78, 5) is 0. The molecule has 2 nitrogen and oxygen atoms in total. The van der Waals surface area contributed by atoms with Crippen molar-refractivity contribution in [2.45, 2.75) is 19.9 Å². The van der Waals surface area contributed by atoms with Crippen LogP contribution in [0.25, 0.3) is 0 Å². The van der Waals surface area contributed by atoms with Crippen molar-refractivity contribution in [3.63, 3.8) is 0 Å². The van der Waals surface area contributed by atoms with Crippen molar-refractivity contribution in [2.24, 2.45) is 0 Å². The van der Waals surface area contributed by atoms with Gasteiger partial charge < -0.3 is 10.1 Å². The Morgan fingerprint density at radius 2 is 2.25 bits per heavy atom. The molecule has 0 saturated heterocycles. The highest BCUT2D eigenvalue weighted by atomic mass is 19.1. The Bertz CT molecular complexity index is 363. The molecule has 1 rings (SSSR count). The summed E-state index contributed by atoms with van der Waals surface area (Å²) in [5, 5.41) is 3.00. The molecule has 1 aromatic carbocycles. The number of hydrogen-bond donors (Lipinski definition) is 1. The minimum atomic E-state index is -0.236. The second-order valence-electron chi connectivity index (χ2n) is 3.57. The van der Waals surface area contributed by atoms with E-state index in [2.05, 4.69) is 5.32 Å². The summed E-state index contributed by atoms with van der Waals surface area (Å²) >= 11 is 0. The molecule has 16 heavy (non-hydrogen) atoms. The summed E-state index contributed by atoms with van der Waals surface area (Å²) in [7, 11) is 1.81. The van der Waals surface area contributed by atoms with E-state index in [9.17, 15) is 4.39 Å². The van der Waals surface area contributed by atoms with Gasteiger partial charge in [-0.3, -0.25) is 0 Å². The van der Waals surface area contributed by atoms with E-state index in [0.29, 0.717) is 17.9 Å². The zero-order chi connectivity index (χ0) is 12.0. The number of halogens is 1. The zero-order valence-electron chi connectivity index (χ0n) is 9.96. The Morgan fingerprint density at radius 3 is 2.81 bits per heavy atom. The first-order valence-electron chi connectivity index (χ1n) is 5.39. The molecule has 0 spiro atoms. The van der Waals surface area contributed by atoms with Crippen molar-refractivity contribution in [3.05, 3.63) is 41.7 Å². The molecule has 1 aromatic rings. The fourth-order valence-electron chi connectivity index (χ4n) is 1.34. The van der Waals surface area contributed by atoms with Gasteiger partial charge in [-0.1, -0.05) is 18.2 Å². The summed E-state index contributed by atoms with van der Waals surface area (Å²) in [6, 6.07) is 4.97. The standard InChI is InChI=1S/C13H18FNO/c1-4-5-8-16-11-6-7-12(10(2)15-3)13(14)9-11/h4-7,9-10,15H,8H2,1-3H3/b5-4+. The lowest BCUT2D eigenvalue weighted by Crippen LogP contribution is -2.13. The first kappa shape index (κ1) is 12.7. The molecule has 1 unspecified atom stereocenters. The van der Waals surface area contributed by atoms with Gasteiger partial charge in [-0.2, -0.15) is 0 Å². The molecule has 1 N–H and O–H groups in total. The molecule has 0 aliphatic heterocycles. The van der Waals surface area contributed by atoms with Crippen molar-refractivity contribution in [3.8, 4) is 5.75 Å². The van der Waals surface area contributed by atoms with Crippen LogP contribution in [0.3, 0.4) is 0 Å². The molecule has 0 saturated carbocycles. The number of ether oxygens (including phenoxy) is 1. The fraction of sp³-hybridized carbons (Fsp3) is 0.385. The topological polar surface area (TPSA) is 21.3 Å². The second-order valence-corrected chi connectivity index (χ2v) is 3.57. The number of rotatable bonds is 5. The largest absolute Gasteiger partial charge is 0.489 e. The molecule has 0 bridgehead atoms. The highest BCUT2D eigenvalue weighted by Gasteiger charge is 2.09. The molecule has 0 aliphatic carbocycles. The van der Waals surface area contributed by atoms with Crippen molar-refractivity contribution in [1.29, 1.82) is 0 Å². The van der Waals surface area contributed by atoms with Gasteiger partial charge in [-0.05, 0) is 27.0 Å². The molecule has 0 aromatic heterocycles. The van der Waals surface area contributed by atoms with Crippen LogP contribution in [-0.4, -0.2) is 13.7 Å². The minimum Gasteiger partial charge on any atom is -0.489 e. The third-order valence-electron chi connectivity index (χ3n) is 2.45. The van der Waals surface area contributed by atoms with Crippen LogP contribution in [0.15, 0.2) is 30.4 Å². The maximum atomic E-state index is 13.7. The molecule has 0 fully saturated rings. The average molecular weight is 223 g/mol. The predicted octanol–water partition coefficient (Wildman–Crippen LogP) is 3.06. The second kappa shape index (κ2) is 6.28. The Balaban J connectivity index is 2.74. The highest BCUT2D eigenvalue weighted by molar-refractivity contribution is 5.30. The summed E-state index contributed by atoms with van der Waals surface area (Å²) in [6.45, 7) is 4.30. The van der Waals surface area contributed by atoms with E-state index < -0.39 is 0 Å². The third-order valence-corrected chi connectivity index (χ3v) is 2.45. The van der Waals surface area contributed by atoms with Gasteiger partial charge in [0.05, 0.1) is 0 Å². The molecule has 0 radical (unpaired) electrons. The average Bonchev–Trinajstić information content (AvgIpc) is 2.29. The number of hydrogen-bond acceptors (Lipinski definition) is 2. The Kier molecular flexibility index (Phi) is 4.99. The SMILES string of the molecule is C/C=C/COc1ccc(C(C)NC)c(F)c1. The number of benzene rings is 1. The molecule has 1 atom stereocenters. The van der Waals surface area contributed by atoms with Gasteiger partial charge in [0.25, 0.3) is 0 Å². The van der Waals surface area contributed by atoms with Crippen LogP contribution in [0, 0.1) is 5.82 Å². The van der Waals surface area contributed by atoms with Crippen molar-refractivity contribution >= 4 is 0 Å². The van der Waals surface area contributed by atoms with E-state index in [1.165, 1.54) is 6.07 Å². The van der Waals surface area contributed by atoms with Gasteiger partial charge in [0.1, 0.15) is 18.2 Å². The lowest BCUT2D eigenvalue weighted by molar-refractivity contribution is 0.359. The fourth-order valence-corrected chi connectivity index (χ4v) is 1.34. The van der Waals surface area contributed by atoms with E-state index in [1.54, 1.807) is 19.2 Å². The van der Waals surface area contributed by atoms with Crippen LogP contribution in [0.4, 0.5) is 4.39 Å². The van der Waals surface area contributed by atoms with Crippen molar-refractivity contribution in [2.75, 3.05) is 13.7 Å². The van der Waals surface area contributed by atoms with Gasteiger partial charge in [-0.25, -0.2) is 4.39 Å². The third kappa shape index (κ3) is 3.35. The van der Waals surface area contributed by atoms with E-state index in [4.69, 9.17) is 4.74 Å². The first-order valence-corrected chi connectivity index (χ1v) is 5.39. The quantitative estimate of drug-likeness (QED) is 0.775. The molecule has 0 heterocycles. The van der Waals surface area contributed by atoms with Gasteiger partial charge in [0.2, 0.25) is 0 Å². The van der Waals surface area contributed by atoms with Crippen molar-refractivity contribution < 1.29 is 9.13 Å². The van der Waals surface area contributed by atoms with Gasteiger partial charge in [-0.15, -0.1) is 0 Å². The van der Waals surface area contributed by atoms with Gasteiger partial charge in [0, 0.05) is 17.7 Å². The minimum absolute atomic E-state index is 0.00425. The normalized spacial score (nSPS) is 13.0. The van der Waals surface area contributed by atoms with Gasteiger partial charge in [0.15, 0.2) is 0 Å².